The van der Waals surface area contributed by atoms with Crippen LogP contribution >= 0.6 is 0 Å². The summed E-state index contributed by atoms with van der Waals surface area (Å²) in [6.07, 6.45) is 2.74. The minimum Gasteiger partial charge on any atom is -0.356 e. The SMILES string of the molecule is CC(C)n1cc(CCNC(=O)C[C@@H]2NC(=O)N(c3ccccc3)C2=O)c2ccccc21. The molecule has 1 aliphatic rings. The van der Waals surface area contributed by atoms with Crippen molar-refractivity contribution in [3.05, 3.63) is 66.4 Å². The van der Waals surface area contributed by atoms with E-state index in [1.165, 1.54) is 16.5 Å². The number of para-hydroxylation sites is 2. The van der Waals surface area contributed by atoms with E-state index >= 15 is 0 Å². The number of aromatic nitrogens is 1. The number of fused-ring (bicyclic) bond motifs is 1. The Bertz CT molecular complexity index is 1120. The van der Waals surface area contributed by atoms with Gasteiger partial charge in [-0.25, -0.2) is 9.69 Å². The van der Waals surface area contributed by atoms with Gasteiger partial charge in [-0.15, -0.1) is 0 Å². The van der Waals surface area contributed by atoms with Crippen molar-refractivity contribution in [3.8, 4) is 0 Å². The maximum atomic E-state index is 12.6. The number of urea groups is 1. The molecule has 2 N–H and O–H groups in total. The monoisotopic (exact) mass is 418 g/mol. The molecule has 1 aliphatic heterocycles. The molecule has 0 saturated carbocycles. The zero-order chi connectivity index (χ0) is 22.0. The van der Waals surface area contributed by atoms with Crippen molar-refractivity contribution in [1.82, 2.24) is 15.2 Å². The fourth-order valence-corrected chi connectivity index (χ4v) is 3.99. The van der Waals surface area contributed by atoms with Crippen molar-refractivity contribution in [2.75, 3.05) is 11.4 Å². The van der Waals surface area contributed by atoms with Crippen LogP contribution in [0.15, 0.2) is 60.8 Å². The molecule has 31 heavy (non-hydrogen) atoms. The first-order valence-electron chi connectivity index (χ1n) is 10.5. The van der Waals surface area contributed by atoms with Crippen LogP contribution in [0.2, 0.25) is 0 Å². The second-order valence-corrected chi connectivity index (χ2v) is 7.99. The predicted octanol–water partition coefficient (Wildman–Crippen LogP) is 3.40. The number of rotatable bonds is 7. The van der Waals surface area contributed by atoms with Crippen LogP contribution in [-0.2, 0) is 16.0 Å². The predicted molar refractivity (Wildman–Crippen MR) is 120 cm³/mol. The lowest BCUT2D eigenvalue weighted by atomic mass is 10.1. The summed E-state index contributed by atoms with van der Waals surface area (Å²) >= 11 is 0. The number of anilines is 1. The van der Waals surface area contributed by atoms with E-state index in [4.69, 9.17) is 0 Å². The highest BCUT2D eigenvalue weighted by Gasteiger charge is 2.39. The largest absolute Gasteiger partial charge is 0.356 e. The summed E-state index contributed by atoms with van der Waals surface area (Å²) in [6, 6.07) is 15.9. The summed E-state index contributed by atoms with van der Waals surface area (Å²) in [5, 5.41) is 6.67. The number of carbonyl (C=O) groups is 3. The topological polar surface area (TPSA) is 83.4 Å². The van der Waals surface area contributed by atoms with Crippen molar-refractivity contribution >= 4 is 34.4 Å². The Morgan fingerprint density at radius 2 is 1.77 bits per heavy atom. The van der Waals surface area contributed by atoms with Crippen molar-refractivity contribution < 1.29 is 14.4 Å². The lowest BCUT2D eigenvalue weighted by Gasteiger charge is -2.12. The molecule has 0 aliphatic carbocycles. The molecule has 160 valence electrons. The molecule has 1 fully saturated rings. The van der Waals surface area contributed by atoms with Gasteiger partial charge in [-0.1, -0.05) is 36.4 Å². The van der Waals surface area contributed by atoms with Crippen LogP contribution in [-0.4, -0.2) is 35.0 Å². The van der Waals surface area contributed by atoms with E-state index in [1.54, 1.807) is 24.3 Å². The van der Waals surface area contributed by atoms with Crippen LogP contribution in [0.1, 0.15) is 31.9 Å². The molecule has 4 rings (SSSR count). The Morgan fingerprint density at radius 3 is 2.52 bits per heavy atom. The maximum Gasteiger partial charge on any atom is 0.329 e. The van der Waals surface area contributed by atoms with Gasteiger partial charge in [0.1, 0.15) is 6.04 Å². The van der Waals surface area contributed by atoms with Gasteiger partial charge in [0, 0.05) is 29.7 Å². The summed E-state index contributed by atoms with van der Waals surface area (Å²) in [6.45, 7) is 4.75. The van der Waals surface area contributed by atoms with Gasteiger partial charge in [0.2, 0.25) is 5.91 Å². The third-order valence-corrected chi connectivity index (χ3v) is 5.52. The van der Waals surface area contributed by atoms with Gasteiger partial charge in [-0.3, -0.25) is 9.59 Å². The fraction of sp³-hybridized carbons (Fsp3) is 0.292. The summed E-state index contributed by atoms with van der Waals surface area (Å²) < 4.78 is 2.23. The van der Waals surface area contributed by atoms with Crippen LogP contribution in [0.3, 0.4) is 0 Å². The van der Waals surface area contributed by atoms with E-state index in [0.29, 0.717) is 24.7 Å². The number of hydrogen-bond acceptors (Lipinski definition) is 3. The average Bonchev–Trinajstić information content (AvgIpc) is 3.26. The van der Waals surface area contributed by atoms with Crippen molar-refractivity contribution in [1.29, 1.82) is 0 Å². The van der Waals surface area contributed by atoms with Crippen LogP contribution in [0.25, 0.3) is 10.9 Å². The van der Waals surface area contributed by atoms with Gasteiger partial charge < -0.3 is 15.2 Å². The van der Waals surface area contributed by atoms with Gasteiger partial charge in [-0.05, 0) is 44.0 Å². The Hall–Kier alpha value is -3.61. The fourth-order valence-electron chi connectivity index (χ4n) is 3.99. The highest BCUT2D eigenvalue weighted by atomic mass is 16.2. The maximum absolute atomic E-state index is 12.6. The smallest absolute Gasteiger partial charge is 0.329 e. The molecule has 3 aromatic rings. The van der Waals surface area contributed by atoms with E-state index in [1.807, 2.05) is 18.2 Å². The number of amides is 4. The van der Waals surface area contributed by atoms with Crippen molar-refractivity contribution in [2.45, 2.75) is 38.8 Å². The average molecular weight is 418 g/mol. The standard InChI is InChI=1S/C24H26N4O3/c1-16(2)27-15-17(19-10-6-7-11-21(19)27)12-13-25-22(29)14-20-23(30)28(24(31)26-20)18-8-4-3-5-9-18/h3-11,15-16,20H,12-14H2,1-2H3,(H,25,29)(H,26,31)/t20-/m0/s1. The molecule has 1 aromatic heterocycles. The number of benzene rings is 2. The summed E-state index contributed by atoms with van der Waals surface area (Å²) in [5.41, 5.74) is 2.85. The van der Waals surface area contributed by atoms with E-state index in [-0.39, 0.29) is 12.3 Å². The molecule has 2 heterocycles. The van der Waals surface area contributed by atoms with Gasteiger partial charge in [0.25, 0.3) is 5.91 Å². The first kappa shape index (κ1) is 20.7. The van der Waals surface area contributed by atoms with Crippen molar-refractivity contribution in [3.63, 3.8) is 0 Å². The highest BCUT2D eigenvalue weighted by molar-refractivity contribution is 6.22. The first-order valence-corrected chi connectivity index (χ1v) is 10.5. The molecule has 4 amide bonds. The van der Waals surface area contributed by atoms with Crippen molar-refractivity contribution in [2.24, 2.45) is 0 Å². The number of hydrogen-bond donors (Lipinski definition) is 2. The van der Waals surface area contributed by atoms with Crippen LogP contribution in [0.5, 0.6) is 0 Å². The number of imide groups is 1. The quantitative estimate of drug-likeness (QED) is 0.577. The lowest BCUT2D eigenvalue weighted by Crippen LogP contribution is -2.37. The molecule has 1 atom stereocenters. The van der Waals surface area contributed by atoms with E-state index in [9.17, 15) is 14.4 Å². The zero-order valence-electron chi connectivity index (χ0n) is 17.7. The van der Waals surface area contributed by atoms with E-state index < -0.39 is 18.0 Å². The van der Waals surface area contributed by atoms with Gasteiger partial charge in [0.05, 0.1) is 12.1 Å². The number of nitrogens with one attached hydrogen (secondary N) is 2. The van der Waals surface area contributed by atoms with E-state index in [0.717, 1.165) is 4.90 Å². The molecule has 7 nitrogen and oxygen atoms in total. The van der Waals surface area contributed by atoms with Gasteiger partial charge in [-0.2, -0.15) is 0 Å². The second kappa shape index (κ2) is 8.63. The minimum atomic E-state index is -0.851. The third-order valence-electron chi connectivity index (χ3n) is 5.52. The Morgan fingerprint density at radius 1 is 1.06 bits per heavy atom. The third kappa shape index (κ3) is 4.17. The molecule has 1 saturated heterocycles. The first-order chi connectivity index (χ1) is 15.0. The van der Waals surface area contributed by atoms with Gasteiger partial charge >= 0.3 is 6.03 Å². The Kier molecular flexibility index (Phi) is 5.75. The van der Waals surface area contributed by atoms with Crippen LogP contribution in [0.4, 0.5) is 10.5 Å². The molecule has 2 aromatic carbocycles. The normalized spacial score (nSPS) is 16.2. The van der Waals surface area contributed by atoms with Crippen LogP contribution < -0.4 is 15.5 Å². The van der Waals surface area contributed by atoms with E-state index in [2.05, 4.69) is 47.4 Å². The Labute approximate surface area is 181 Å². The summed E-state index contributed by atoms with van der Waals surface area (Å²) in [4.78, 5) is 38.3. The molecule has 0 radical (unpaired) electrons. The molecule has 0 bridgehead atoms. The summed E-state index contributed by atoms with van der Waals surface area (Å²) in [7, 11) is 0. The number of nitrogens with zero attached hydrogens (tertiary/aromatic N) is 2. The molecule has 7 heteroatoms. The minimum absolute atomic E-state index is 0.0817. The summed E-state index contributed by atoms with van der Waals surface area (Å²) in [5.74, 6) is -0.674. The second-order valence-electron chi connectivity index (χ2n) is 7.99. The molecule has 0 unspecified atom stereocenters. The lowest BCUT2D eigenvalue weighted by molar-refractivity contribution is -0.125. The van der Waals surface area contributed by atoms with Crippen LogP contribution in [0, 0.1) is 0 Å². The van der Waals surface area contributed by atoms with Gasteiger partial charge in [0.15, 0.2) is 0 Å². The molecular weight excluding hydrogens is 392 g/mol. The Balaban J connectivity index is 1.35. The molecular formula is C24H26N4O3. The number of carbonyl (C=O) groups excluding carboxylic acids is 3. The zero-order valence-corrected chi connectivity index (χ0v) is 17.7. The molecule has 0 spiro atoms. The highest BCUT2D eigenvalue weighted by Crippen LogP contribution is 2.25.